The zero-order valence-corrected chi connectivity index (χ0v) is 13.8. The second kappa shape index (κ2) is 13.0. The fraction of sp³-hybridized carbons (Fsp3) is 0.833. The molecule has 0 bridgehead atoms. The van der Waals surface area contributed by atoms with E-state index in [1.54, 1.807) is 0 Å². The Hall–Kier alpha value is -0.670. The van der Waals surface area contributed by atoms with Gasteiger partial charge in [-0.25, -0.2) is 0 Å². The van der Waals surface area contributed by atoms with Crippen molar-refractivity contribution < 1.29 is 5.11 Å². The molecule has 21 heavy (non-hydrogen) atoms. The predicted octanol–water partition coefficient (Wildman–Crippen LogP) is 4.17. The lowest BCUT2D eigenvalue weighted by atomic mass is 10.1. The van der Waals surface area contributed by atoms with Crippen LogP contribution in [0.4, 0.5) is 0 Å². The highest BCUT2D eigenvalue weighted by molar-refractivity contribution is 5.62. The Morgan fingerprint density at radius 2 is 1.81 bits per heavy atom. The minimum Gasteiger partial charge on any atom is -0.395 e. The summed E-state index contributed by atoms with van der Waals surface area (Å²) >= 11 is 0. The summed E-state index contributed by atoms with van der Waals surface area (Å²) in [7, 11) is 0. The van der Waals surface area contributed by atoms with E-state index >= 15 is 0 Å². The second-order valence-corrected chi connectivity index (χ2v) is 5.99. The largest absolute Gasteiger partial charge is 0.395 e. The maximum atomic E-state index is 9.00. The number of nitrogens with zero attached hydrogens (tertiary/aromatic N) is 2. The maximum Gasteiger partial charge on any atom is 0.102 e. The van der Waals surface area contributed by atoms with Gasteiger partial charge in [-0.3, -0.25) is 9.89 Å². The highest BCUT2D eigenvalue weighted by atomic mass is 16.3. The Bertz CT molecular complexity index is 289. The molecule has 0 radical (unpaired) electrons. The molecule has 122 valence electrons. The first-order valence-corrected chi connectivity index (χ1v) is 8.90. The van der Waals surface area contributed by atoms with Crippen LogP contribution >= 0.6 is 0 Å². The molecule has 0 fully saturated rings. The van der Waals surface area contributed by atoms with Gasteiger partial charge >= 0.3 is 0 Å². The van der Waals surface area contributed by atoms with Crippen LogP contribution in [0.15, 0.2) is 17.1 Å². The number of aliphatic hydroxyl groups excluding tert-OH is 1. The minimum atomic E-state index is 0.242. The van der Waals surface area contributed by atoms with Crippen molar-refractivity contribution in [2.45, 2.75) is 77.3 Å². The zero-order chi connectivity index (χ0) is 15.2. The third-order valence-corrected chi connectivity index (χ3v) is 4.13. The SMILES string of the molecule is CCCC/C=C/CCCCCCCC1N=CCN1CCO. The van der Waals surface area contributed by atoms with Crippen LogP contribution in [0, 0.1) is 0 Å². The van der Waals surface area contributed by atoms with Gasteiger partial charge in [0, 0.05) is 19.3 Å². The van der Waals surface area contributed by atoms with E-state index in [0.717, 1.165) is 19.5 Å². The minimum absolute atomic E-state index is 0.242. The van der Waals surface area contributed by atoms with Crippen molar-refractivity contribution in [3.63, 3.8) is 0 Å². The highest BCUT2D eigenvalue weighted by Gasteiger charge is 2.19. The Kier molecular flexibility index (Phi) is 11.4. The summed E-state index contributed by atoms with van der Waals surface area (Å²) in [6.07, 6.45) is 19.9. The highest BCUT2D eigenvalue weighted by Crippen LogP contribution is 2.15. The van der Waals surface area contributed by atoms with Gasteiger partial charge in [0.2, 0.25) is 0 Å². The first-order valence-electron chi connectivity index (χ1n) is 8.90. The molecule has 3 nitrogen and oxygen atoms in total. The van der Waals surface area contributed by atoms with Gasteiger partial charge in [-0.15, -0.1) is 0 Å². The number of β-amino-alcohol motifs (C(OH)–C–C–N with tert-alkyl or cyclic N) is 1. The fourth-order valence-electron chi connectivity index (χ4n) is 2.79. The van der Waals surface area contributed by atoms with Crippen molar-refractivity contribution in [3.05, 3.63) is 12.2 Å². The third kappa shape index (κ3) is 9.05. The first-order chi connectivity index (χ1) is 10.4. The number of allylic oxidation sites excluding steroid dienone is 2. The van der Waals surface area contributed by atoms with Crippen molar-refractivity contribution in [1.82, 2.24) is 4.90 Å². The smallest absolute Gasteiger partial charge is 0.102 e. The van der Waals surface area contributed by atoms with Crippen LogP contribution in [0.2, 0.25) is 0 Å². The monoisotopic (exact) mass is 294 g/mol. The van der Waals surface area contributed by atoms with Crippen LogP contribution in [0.25, 0.3) is 0 Å². The van der Waals surface area contributed by atoms with Gasteiger partial charge in [-0.05, 0) is 32.1 Å². The molecular weight excluding hydrogens is 260 g/mol. The topological polar surface area (TPSA) is 35.8 Å². The van der Waals surface area contributed by atoms with Crippen LogP contribution in [-0.2, 0) is 0 Å². The summed E-state index contributed by atoms with van der Waals surface area (Å²) in [5, 5.41) is 9.00. The molecule has 0 aromatic rings. The molecule has 1 aliphatic rings. The fourth-order valence-corrected chi connectivity index (χ4v) is 2.79. The summed E-state index contributed by atoms with van der Waals surface area (Å²) in [5.74, 6) is 0. The van der Waals surface area contributed by atoms with Crippen molar-refractivity contribution in [3.8, 4) is 0 Å². The van der Waals surface area contributed by atoms with Gasteiger partial charge in [0.25, 0.3) is 0 Å². The van der Waals surface area contributed by atoms with E-state index in [1.165, 1.54) is 57.8 Å². The molecule has 0 spiro atoms. The van der Waals surface area contributed by atoms with Gasteiger partial charge in [-0.2, -0.15) is 0 Å². The lowest BCUT2D eigenvalue weighted by molar-refractivity contribution is 0.176. The summed E-state index contributed by atoms with van der Waals surface area (Å²) in [6, 6.07) is 0. The summed E-state index contributed by atoms with van der Waals surface area (Å²) < 4.78 is 0. The molecule has 1 N–H and O–H groups in total. The Labute approximate surface area is 131 Å². The average molecular weight is 294 g/mol. The number of hydrogen-bond donors (Lipinski definition) is 1. The standard InChI is InChI=1S/C18H34N2O/c1-2-3-4-5-6-7-8-9-10-11-12-13-18-19-14-15-20(18)16-17-21/h5-6,14,18,21H,2-4,7-13,15-17H2,1H3/b6-5+. The van der Waals surface area contributed by atoms with Gasteiger partial charge in [0.05, 0.1) is 6.61 Å². The molecule has 0 saturated heterocycles. The molecule has 1 rings (SSSR count). The molecule has 0 saturated carbocycles. The molecule has 1 atom stereocenters. The molecule has 1 aliphatic heterocycles. The molecule has 1 heterocycles. The molecule has 1 unspecified atom stereocenters. The maximum absolute atomic E-state index is 9.00. The van der Waals surface area contributed by atoms with Crippen LogP contribution in [0.1, 0.15) is 71.1 Å². The van der Waals surface area contributed by atoms with Gasteiger partial charge < -0.3 is 5.11 Å². The number of aliphatic hydroxyl groups is 1. The molecule has 0 aromatic heterocycles. The van der Waals surface area contributed by atoms with Gasteiger partial charge in [0.15, 0.2) is 0 Å². The van der Waals surface area contributed by atoms with E-state index in [-0.39, 0.29) is 6.61 Å². The van der Waals surface area contributed by atoms with Crippen LogP contribution in [0.3, 0.4) is 0 Å². The second-order valence-electron chi connectivity index (χ2n) is 5.99. The molecule has 0 amide bonds. The van der Waals surface area contributed by atoms with Gasteiger partial charge in [-0.1, -0.05) is 51.2 Å². The average Bonchev–Trinajstić information content (AvgIpc) is 2.92. The van der Waals surface area contributed by atoms with E-state index < -0.39 is 0 Å². The normalized spacial score (nSPS) is 19.0. The Morgan fingerprint density at radius 3 is 2.57 bits per heavy atom. The van der Waals surface area contributed by atoms with Crippen molar-refractivity contribution in [1.29, 1.82) is 0 Å². The lowest BCUT2D eigenvalue weighted by Crippen LogP contribution is -2.32. The predicted molar refractivity (Wildman–Crippen MR) is 91.9 cm³/mol. The Balaban J connectivity index is 1.88. The number of rotatable bonds is 13. The quantitative estimate of drug-likeness (QED) is 0.409. The Morgan fingerprint density at radius 1 is 1.10 bits per heavy atom. The van der Waals surface area contributed by atoms with E-state index in [1.807, 2.05) is 6.21 Å². The van der Waals surface area contributed by atoms with Crippen LogP contribution in [-0.4, -0.2) is 42.1 Å². The van der Waals surface area contributed by atoms with Crippen molar-refractivity contribution in [2.24, 2.45) is 4.99 Å². The number of hydrogen-bond acceptors (Lipinski definition) is 3. The number of aliphatic imine (C=N–C) groups is 1. The zero-order valence-electron chi connectivity index (χ0n) is 13.8. The van der Waals surface area contributed by atoms with E-state index in [9.17, 15) is 0 Å². The summed E-state index contributed by atoms with van der Waals surface area (Å²) in [5.41, 5.74) is 0. The van der Waals surface area contributed by atoms with E-state index in [4.69, 9.17) is 5.11 Å². The third-order valence-electron chi connectivity index (χ3n) is 4.13. The molecule has 0 aliphatic carbocycles. The molecule has 0 aromatic carbocycles. The lowest BCUT2D eigenvalue weighted by Gasteiger charge is -2.21. The van der Waals surface area contributed by atoms with Gasteiger partial charge in [0.1, 0.15) is 6.17 Å². The van der Waals surface area contributed by atoms with Crippen molar-refractivity contribution in [2.75, 3.05) is 19.7 Å². The summed E-state index contributed by atoms with van der Waals surface area (Å²) in [4.78, 5) is 6.76. The van der Waals surface area contributed by atoms with Crippen molar-refractivity contribution >= 4 is 6.21 Å². The summed E-state index contributed by atoms with van der Waals surface area (Å²) in [6.45, 7) is 4.16. The molecule has 3 heteroatoms. The van der Waals surface area contributed by atoms with Crippen LogP contribution in [0.5, 0.6) is 0 Å². The van der Waals surface area contributed by atoms with E-state index in [0.29, 0.717) is 6.17 Å². The van der Waals surface area contributed by atoms with Crippen LogP contribution < -0.4 is 0 Å². The number of unbranched alkanes of at least 4 members (excludes halogenated alkanes) is 7. The first kappa shape index (κ1) is 18.4. The van der Waals surface area contributed by atoms with E-state index in [2.05, 4.69) is 29.0 Å². The molecular formula is C18H34N2O.